The zero-order chi connectivity index (χ0) is 20.5. The number of benzene rings is 2. The van der Waals surface area contributed by atoms with Gasteiger partial charge in [-0.1, -0.05) is 30.3 Å². The Morgan fingerprint density at radius 1 is 1.31 bits per heavy atom. The molecular weight excluding hydrogens is 443 g/mol. The molecule has 7 nitrogen and oxygen atoms in total. The SMILES string of the molecule is COc1cc(F)c([N+](=O)[O-])cc1Nc1ncc(Br)c(C2=CCc3ccccc32)n1. The van der Waals surface area contributed by atoms with Crippen molar-refractivity contribution in [3.05, 3.63) is 85.9 Å². The van der Waals surface area contributed by atoms with Crippen molar-refractivity contribution in [1.29, 1.82) is 0 Å². The van der Waals surface area contributed by atoms with Crippen LogP contribution in [0.3, 0.4) is 0 Å². The summed E-state index contributed by atoms with van der Waals surface area (Å²) in [5.74, 6) is -0.679. The van der Waals surface area contributed by atoms with Crippen molar-refractivity contribution in [3.63, 3.8) is 0 Å². The smallest absolute Gasteiger partial charge is 0.307 e. The van der Waals surface area contributed by atoms with E-state index < -0.39 is 16.4 Å². The molecular formula is C20H14BrFN4O3. The van der Waals surface area contributed by atoms with Gasteiger partial charge in [-0.2, -0.15) is 4.39 Å². The zero-order valence-corrected chi connectivity index (χ0v) is 16.7. The fourth-order valence-corrected chi connectivity index (χ4v) is 3.60. The van der Waals surface area contributed by atoms with Crippen LogP contribution < -0.4 is 10.1 Å². The number of aromatic nitrogens is 2. The van der Waals surface area contributed by atoms with Gasteiger partial charge >= 0.3 is 5.69 Å². The van der Waals surface area contributed by atoms with Crippen LogP contribution in [0.5, 0.6) is 5.75 Å². The normalized spacial score (nSPS) is 12.3. The minimum atomic E-state index is -0.984. The number of allylic oxidation sites excluding steroid dienone is 1. The number of fused-ring (bicyclic) bond motifs is 1. The summed E-state index contributed by atoms with van der Waals surface area (Å²) in [6, 6.07) is 10.1. The number of methoxy groups -OCH3 is 1. The summed E-state index contributed by atoms with van der Waals surface area (Å²) in [6.07, 6.45) is 4.49. The van der Waals surface area contributed by atoms with E-state index in [0.29, 0.717) is 10.2 Å². The number of hydrogen-bond donors (Lipinski definition) is 1. The molecule has 9 heteroatoms. The number of hydrogen-bond acceptors (Lipinski definition) is 6. The highest BCUT2D eigenvalue weighted by Crippen LogP contribution is 2.37. The first kappa shape index (κ1) is 19.0. The molecule has 3 aromatic rings. The van der Waals surface area contributed by atoms with E-state index >= 15 is 0 Å². The lowest BCUT2D eigenvalue weighted by atomic mass is 10.0. The lowest BCUT2D eigenvalue weighted by Gasteiger charge is -2.12. The minimum Gasteiger partial charge on any atom is -0.494 e. The van der Waals surface area contributed by atoms with Crippen LogP contribution in [0.1, 0.15) is 16.8 Å². The lowest BCUT2D eigenvalue weighted by molar-refractivity contribution is -0.387. The van der Waals surface area contributed by atoms with Crippen molar-refractivity contribution in [1.82, 2.24) is 9.97 Å². The Hall–Kier alpha value is -3.33. The topological polar surface area (TPSA) is 90.2 Å². The van der Waals surface area contributed by atoms with Gasteiger partial charge < -0.3 is 10.1 Å². The molecule has 0 saturated heterocycles. The molecule has 146 valence electrons. The molecule has 0 bridgehead atoms. The Bertz CT molecular complexity index is 1170. The minimum absolute atomic E-state index is 0.103. The van der Waals surface area contributed by atoms with Crippen molar-refractivity contribution < 1.29 is 14.1 Å². The van der Waals surface area contributed by atoms with Crippen LogP contribution in [-0.2, 0) is 6.42 Å². The monoisotopic (exact) mass is 456 g/mol. The predicted molar refractivity (Wildman–Crippen MR) is 110 cm³/mol. The van der Waals surface area contributed by atoms with Crippen molar-refractivity contribution in [2.24, 2.45) is 0 Å². The van der Waals surface area contributed by atoms with Crippen molar-refractivity contribution in [3.8, 4) is 5.75 Å². The fourth-order valence-electron chi connectivity index (χ4n) is 3.19. The summed E-state index contributed by atoms with van der Waals surface area (Å²) in [6.45, 7) is 0. The summed E-state index contributed by atoms with van der Waals surface area (Å²) in [5.41, 5.74) is 3.47. The van der Waals surface area contributed by atoms with E-state index in [1.165, 1.54) is 12.7 Å². The first-order valence-electron chi connectivity index (χ1n) is 8.58. The molecule has 0 unspecified atom stereocenters. The molecule has 0 amide bonds. The van der Waals surface area contributed by atoms with E-state index in [1.807, 2.05) is 18.2 Å². The highest BCUT2D eigenvalue weighted by molar-refractivity contribution is 9.10. The van der Waals surface area contributed by atoms with Crippen LogP contribution in [0.2, 0.25) is 0 Å². The summed E-state index contributed by atoms with van der Waals surface area (Å²) in [4.78, 5) is 19.1. The van der Waals surface area contributed by atoms with Gasteiger partial charge in [-0.25, -0.2) is 9.97 Å². The second-order valence-corrected chi connectivity index (χ2v) is 7.11. The Balaban J connectivity index is 1.73. The Morgan fingerprint density at radius 2 is 2.10 bits per heavy atom. The second kappa shape index (κ2) is 7.59. The zero-order valence-electron chi connectivity index (χ0n) is 15.1. The average molecular weight is 457 g/mol. The molecule has 0 fully saturated rings. The van der Waals surface area contributed by atoms with E-state index in [1.54, 1.807) is 6.20 Å². The van der Waals surface area contributed by atoms with E-state index in [-0.39, 0.29) is 17.4 Å². The predicted octanol–water partition coefficient (Wildman–Crippen LogP) is 5.03. The number of anilines is 2. The summed E-state index contributed by atoms with van der Waals surface area (Å²) in [7, 11) is 1.35. The Morgan fingerprint density at radius 3 is 2.86 bits per heavy atom. The van der Waals surface area contributed by atoms with Gasteiger partial charge in [0.15, 0.2) is 0 Å². The van der Waals surface area contributed by atoms with Gasteiger partial charge in [-0.15, -0.1) is 0 Å². The van der Waals surface area contributed by atoms with Gasteiger partial charge in [0.2, 0.25) is 11.8 Å². The van der Waals surface area contributed by atoms with Crippen LogP contribution in [0, 0.1) is 15.9 Å². The van der Waals surface area contributed by atoms with Crippen LogP contribution in [-0.4, -0.2) is 22.0 Å². The summed E-state index contributed by atoms with van der Waals surface area (Å²) < 4.78 is 19.7. The van der Waals surface area contributed by atoms with Gasteiger partial charge in [0.1, 0.15) is 5.75 Å². The molecule has 4 rings (SSSR count). The van der Waals surface area contributed by atoms with Gasteiger partial charge in [-0.3, -0.25) is 10.1 Å². The third-order valence-corrected chi connectivity index (χ3v) is 5.13. The van der Waals surface area contributed by atoms with Gasteiger partial charge in [0, 0.05) is 23.9 Å². The highest BCUT2D eigenvalue weighted by atomic mass is 79.9. The number of ether oxygens (including phenoxy) is 1. The van der Waals surface area contributed by atoms with Crippen LogP contribution >= 0.6 is 15.9 Å². The molecule has 0 atom stereocenters. The molecule has 0 saturated carbocycles. The fraction of sp³-hybridized carbons (Fsp3) is 0.100. The largest absolute Gasteiger partial charge is 0.494 e. The maximum absolute atomic E-state index is 13.9. The number of rotatable bonds is 5. The summed E-state index contributed by atoms with van der Waals surface area (Å²) in [5, 5.41) is 14.0. The average Bonchev–Trinajstić information content (AvgIpc) is 3.14. The number of nitrogens with one attached hydrogen (secondary N) is 1. The van der Waals surface area contributed by atoms with Crippen LogP contribution in [0.4, 0.5) is 21.7 Å². The maximum Gasteiger partial charge on any atom is 0.307 e. The molecule has 1 aromatic heterocycles. The third-order valence-electron chi connectivity index (χ3n) is 4.54. The number of nitro benzene ring substituents is 1. The first-order valence-corrected chi connectivity index (χ1v) is 9.37. The molecule has 0 spiro atoms. The molecule has 2 aromatic carbocycles. The van der Waals surface area contributed by atoms with Crippen molar-refractivity contribution in [2.75, 3.05) is 12.4 Å². The third kappa shape index (κ3) is 3.56. The quantitative estimate of drug-likeness (QED) is 0.427. The first-order chi connectivity index (χ1) is 14.0. The van der Waals surface area contributed by atoms with Crippen LogP contribution in [0.15, 0.2) is 53.1 Å². The standard InChI is InChI=1S/C20H14BrFN4O3/c1-29-18-8-15(22)17(26(27)28)9-16(18)24-20-23-10-14(21)19(25-20)13-7-6-11-4-2-3-5-12(11)13/h2-5,7-10H,6H2,1H3,(H,23,24,25). The molecule has 0 radical (unpaired) electrons. The Kier molecular flexibility index (Phi) is 4.98. The van der Waals surface area contributed by atoms with E-state index in [4.69, 9.17) is 4.74 Å². The van der Waals surface area contributed by atoms with Crippen molar-refractivity contribution >= 4 is 38.8 Å². The summed E-state index contributed by atoms with van der Waals surface area (Å²) >= 11 is 3.49. The van der Waals surface area contributed by atoms with Gasteiger partial charge in [0.05, 0.1) is 27.9 Å². The number of nitrogens with zero attached hydrogens (tertiary/aromatic N) is 3. The molecule has 29 heavy (non-hydrogen) atoms. The lowest BCUT2D eigenvalue weighted by Crippen LogP contribution is -2.04. The molecule has 0 aliphatic heterocycles. The van der Waals surface area contributed by atoms with Gasteiger partial charge in [-0.05, 0) is 33.5 Å². The van der Waals surface area contributed by atoms with Crippen molar-refractivity contribution in [2.45, 2.75) is 6.42 Å². The number of nitro groups is 1. The van der Waals surface area contributed by atoms with E-state index in [2.05, 4.69) is 43.4 Å². The van der Waals surface area contributed by atoms with E-state index in [0.717, 1.165) is 29.7 Å². The molecule has 1 aliphatic rings. The maximum atomic E-state index is 13.9. The number of halogens is 2. The Labute approximate surface area is 173 Å². The molecule has 1 heterocycles. The van der Waals surface area contributed by atoms with Crippen LogP contribution in [0.25, 0.3) is 5.57 Å². The molecule has 1 aliphatic carbocycles. The van der Waals surface area contributed by atoms with Gasteiger partial charge in [0.25, 0.3) is 0 Å². The van der Waals surface area contributed by atoms with E-state index in [9.17, 15) is 14.5 Å². The molecule has 1 N–H and O–H groups in total. The highest BCUT2D eigenvalue weighted by Gasteiger charge is 2.22. The second-order valence-electron chi connectivity index (χ2n) is 6.26.